The van der Waals surface area contributed by atoms with E-state index in [4.69, 9.17) is 11.2 Å². The summed E-state index contributed by atoms with van der Waals surface area (Å²) in [6.07, 6.45) is 7.94. The van der Waals surface area contributed by atoms with E-state index in [-0.39, 0.29) is 5.91 Å². The number of amides is 2. The largest absolute Gasteiger partial charge is 0.381 e. The highest BCUT2D eigenvalue weighted by molar-refractivity contribution is 6.11. The van der Waals surface area contributed by atoms with Gasteiger partial charge in [-0.3, -0.25) is 14.5 Å². The van der Waals surface area contributed by atoms with Crippen molar-refractivity contribution in [3.8, 4) is 12.3 Å². The van der Waals surface area contributed by atoms with Crippen LogP contribution in [-0.4, -0.2) is 40.1 Å². The van der Waals surface area contributed by atoms with Gasteiger partial charge in [0.25, 0.3) is 0 Å². The van der Waals surface area contributed by atoms with Crippen LogP contribution in [0.25, 0.3) is 11.0 Å². The third kappa shape index (κ3) is 3.90. The zero-order valence-electron chi connectivity index (χ0n) is 17.4. The molecule has 0 saturated carbocycles. The molecular formula is C24H24N4O3. The molecular weight excluding hydrogens is 392 g/mol. The summed E-state index contributed by atoms with van der Waals surface area (Å²) in [7, 11) is 1.90. The second-order valence-electron chi connectivity index (χ2n) is 7.63. The summed E-state index contributed by atoms with van der Waals surface area (Å²) < 4.78 is 7.42. The first kappa shape index (κ1) is 20.6. The minimum Gasteiger partial charge on any atom is -0.381 e. The molecule has 7 nitrogen and oxygen atoms in total. The number of hydrogen-bond donors (Lipinski definition) is 1. The Kier molecular flexibility index (Phi) is 5.74. The molecule has 0 spiro atoms. The predicted molar refractivity (Wildman–Crippen MR) is 118 cm³/mol. The average Bonchev–Trinajstić information content (AvgIpc) is 3.18. The Hall–Kier alpha value is -3.63. The summed E-state index contributed by atoms with van der Waals surface area (Å²) in [6, 6.07) is 15.1. The van der Waals surface area contributed by atoms with Crippen LogP contribution in [0.5, 0.6) is 0 Å². The van der Waals surface area contributed by atoms with Crippen molar-refractivity contribution in [1.82, 2.24) is 14.9 Å². The van der Waals surface area contributed by atoms with Crippen LogP contribution in [0.1, 0.15) is 18.4 Å². The highest BCUT2D eigenvalue weighted by Gasteiger charge is 2.48. The molecule has 2 aromatic carbocycles. The molecule has 31 heavy (non-hydrogen) atoms. The van der Waals surface area contributed by atoms with Crippen molar-refractivity contribution >= 4 is 28.5 Å². The molecule has 0 radical (unpaired) electrons. The topological polar surface area (TPSA) is 76.5 Å². The number of carbonyl (C=O) groups excluding carboxylic acids is 2. The summed E-state index contributed by atoms with van der Waals surface area (Å²) >= 11 is 0. The summed E-state index contributed by atoms with van der Waals surface area (Å²) in [4.78, 5) is 32.4. The van der Waals surface area contributed by atoms with Gasteiger partial charge in [-0.2, -0.15) is 0 Å². The molecule has 1 saturated heterocycles. The summed E-state index contributed by atoms with van der Waals surface area (Å²) in [6.45, 7) is 1.08. The third-order valence-corrected chi connectivity index (χ3v) is 5.76. The monoisotopic (exact) mass is 416 g/mol. The number of imidazole rings is 1. The van der Waals surface area contributed by atoms with E-state index in [1.807, 2.05) is 48.0 Å². The van der Waals surface area contributed by atoms with E-state index in [0.29, 0.717) is 38.3 Å². The van der Waals surface area contributed by atoms with Crippen molar-refractivity contribution in [2.75, 3.05) is 18.1 Å². The second-order valence-corrected chi connectivity index (χ2v) is 7.63. The summed E-state index contributed by atoms with van der Waals surface area (Å²) in [5, 5.41) is 3.00. The number of ether oxygens (including phenoxy) is 1. The van der Waals surface area contributed by atoms with Gasteiger partial charge in [0.15, 0.2) is 0 Å². The van der Waals surface area contributed by atoms with Gasteiger partial charge in [0.1, 0.15) is 5.54 Å². The molecule has 158 valence electrons. The fraction of sp³-hybridized carbons (Fsp3) is 0.292. The van der Waals surface area contributed by atoms with Crippen LogP contribution in [0, 0.1) is 12.3 Å². The first-order chi connectivity index (χ1) is 15.0. The van der Waals surface area contributed by atoms with E-state index in [9.17, 15) is 9.59 Å². The van der Waals surface area contributed by atoms with E-state index in [0.717, 1.165) is 16.6 Å². The maximum absolute atomic E-state index is 13.5. The zero-order valence-corrected chi connectivity index (χ0v) is 17.4. The minimum atomic E-state index is -1.14. The van der Waals surface area contributed by atoms with Gasteiger partial charge in [0, 0.05) is 45.3 Å². The lowest BCUT2D eigenvalue weighted by molar-refractivity contribution is -0.133. The van der Waals surface area contributed by atoms with Crippen LogP contribution >= 0.6 is 0 Å². The molecule has 2 amide bonds. The smallest absolute Gasteiger partial charge is 0.303 e. The Morgan fingerprint density at radius 2 is 1.97 bits per heavy atom. The van der Waals surface area contributed by atoms with Crippen LogP contribution in [0.15, 0.2) is 54.9 Å². The lowest BCUT2D eigenvalue weighted by Crippen LogP contribution is -2.63. The maximum atomic E-state index is 13.5. The first-order valence-electron chi connectivity index (χ1n) is 10.2. The lowest BCUT2D eigenvalue weighted by Gasteiger charge is -2.44. The highest BCUT2D eigenvalue weighted by Crippen LogP contribution is 2.34. The molecule has 4 rings (SSSR count). The molecule has 0 unspecified atom stereocenters. The predicted octanol–water partition coefficient (Wildman–Crippen LogP) is 2.41. The number of aryl methyl sites for hydroxylation is 1. The number of nitrogens with zero attached hydrogens (tertiary/aromatic N) is 3. The molecule has 1 aliphatic heterocycles. The van der Waals surface area contributed by atoms with E-state index >= 15 is 0 Å². The van der Waals surface area contributed by atoms with Crippen LogP contribution in [-0.2, 0) is 27.9 Å². The fourth-order valence-electron chi connectivity index (χ4n) is 4.09. The Morgan fingerprint density at radius 1 is 1.23 bits per heavy atom. The van der Waals surface area contributed by atoms with Gasteiger partial charge in [0.05, 0.1) is 17.4 Å². The van der Waals surface area contributed by atoms with Crippen LogP contribution in [0.2, 0.25) is 0 Å². The number of nitrogens with one attached hydrogen (secondary N) is 1. The van der Waals surface area contributed by atoms with Crippen molar-refractivity contribution in [2.24, 2.45) is 7.05 Å². The number of benzene rings is 2. The average molecular weight is 416 g/mol. The summed E-state index contributed by atoms with van der Waals surface area (Å²) in [5.74, 6) is 1.40. The van der Waals surface area contributed by atoms with Crippen molar-refractivity contribution < 1.29 is 14.3 Å². The van der Waals surface area contributed by atoms with Gasteiger partial charge in [-0.25, -0.2) is 4.98 Å². The van der Waals surface area contributed by atoms with Crippen LogP contribution in [0.4, 0.5) is 5.69 Å². The molecule has 0 atom stereocenters. The molecule has 0 aliphatic carbocycles. The Bertz CT molecular complexity index is 1140. The highest BCUT2D eigenvalue weighted by atomic mass is 16.5. The Balaban J connectivity index is 1.73. The molecule has 2 heterocycles. The number of fused-ring (bicyclic) bond motifs is 1. The van der Waals surface area contributed by atoms with Gasteiger partial charge in [-0.15, -0.1) is 6.42 Å². The van der Waals surface area contributed by atoms with Crippen molar-refractivity contribution in [3.05, 3.63) is 60.4 Å². The van der Waals surface area contributed by atoms with Gasteiger partial charge in [-0.1, -0.05) is 30.3 Å². The Labute approximate surface area is 181 Å². The normalized spacial score (nSPS) is 15.2. The number of terminal acetylenes is 1. The quantitative estimate of drug-likeness (QED) is 0.648. The standard InChI is InChI=1S/C24H24N4O3/c1-3-22(29)28(19-9-10-21-20(15-19)26-17-27(21)2)24(11-13-31-14-12-24)23(30)25-16-18-7-5-4-6-8-18/h1,4-10,15,17H,11-14,16H2,2H3,(H,25,30). The number of aromatic nitrogens is 2. The molecule has 0 bridgehead atoms. The van der Waals surface area contributed by atoms with Crippen LogP contribution in [0.3, 0.4) is 0 Å². The van der Waals surface area contributed by atoms with Crippen molar-refractivity contribution in [3.63, 3.8) is 0 Å². The fourth-order valence-corrected chi connectivity index (χ4v) is 4.09. The molecule has 7 heteroatoms. The SMILES string of the molecule is C#CC(=O)N(c1ccc2c(c1)ncn2C)C1(C(=O)NCc2ccccc2)CCOCC1. The van der Waals surface area contributed by atoms with E-state index in [2.05, 4.69) is 16.2 Å². The number of anilines is 1. The summed E-state index contributed by atoms with van der Waals surface area (Å²) in [5.41, 5.74) is 2.03. The number of carbonyl (C=O) groups is 2. The van der Waals surface area contributed by atoms with Gasteiger partial charge < -0.3 is 14.6 Å². The van der Waals surface area contributed by atoms with Gasteiger partial charge >= 0.3 is 5.91 Å². The zero-order chi connectivity index (χ0) is 21.8. The molecule has 1 aromatic heterocycles. The lowest BCUT2D eigenvalue weighted by atomic mass is 9.85. The number of rotatable bonds is 5. The van der Waals surface area contributed by atoms with Crippen molar-refractivity contribution in [1.29, 1.82) is 0 Å². The second kappa shape index (κ2) is 8.62. The van der Waals surface area contributed by atoms with Gasteiger partial charge in [0.2, 0.25) is 5.91 Å². The first-order valence-corrected chi connectivity index (χ1v) is 10.2. The van der Waals surface area contributed by atoms with Crippen LogP contribution < -0.4 is 10.2 Å². The molecule has 1 N–H and O–H groups in total. The Morgan fingerprint density at radius 3 is 2.68 bits per heavy atom. The van der Waals surface area contributed by atoms with E-state index in [1.165, 1.54) is 4.90 Å². The molecule has 1 aliphatic rings. The van der Waals surface area contributed by atoms with E-state index < -0.39 is 11.4 Å². The minimum absolute atomic E-state index is 0.246. The number of hydrogen-bond acceptors (Lipinski definition) is 4. The van der Waals surface area contributed by atoms with E-state index in [1.54, 1.807) is 18.5 Å². The molecule has 3 aromatic rings. The maximum Gasteiger partial charge on any atom is 0.303 e. The van der Waals surface area contributed by atoms with Crippen molar-refractivity contribution in [2.45, 2.75) is 24.9 Å². The third-order valence-electron chi connectivity index (χ3n) is 5.76. The molecule has 1 fully saturated rings. The van der Waals surface area contributed by atoms with Gasteiger partial charge in [-0.05, 0) is 29.7 Å².